The Morgan fingerprint density at radius 1 is 1.15 bits per heavy atom. The van der Waals surface area contributed by atoms with Crippen molar-refractivity contribution in [1.29, 1.82) is 0 Å². The fourth-order valence-electron chi connectivity index (χ4n) is 2.43. The molecule has 0 saturated carbocycles. The summed E-state index contributed by atoms with van der Waals surface area (Å²) in [5.41, 5.74) is 10.3. The lowest BCUT2D eigenvalue weighted by atomic mass is 10.2. The molecule has 2 aromatic carbocycles. The minimum atomic E-state index is -1.15. The highest BCUT2D eigenvalue weighted by Gasteiger charge is 2.26. The molecule has 0 spiro atoms. The maximum absolute atomic E-state index is 13.1. The van der Waals surface area contributed by atoms with E-state index in [1.54, 1.807) is 30.3 Å². The number of nitrogens with one attached hydrogen (secondary N) is 2. The first kappa shape index (κ1) is 26.2. The summed E-state index contributed by atoms with van der Waals surface area (Å²) in [6.07, 6.45) is 2.24. The number of anilines is 1. The van der Waals surface area contributed by atoms with Gasteiger partial charge in [0.1, 0.15) is 11.9 Å². The Hall–Kier alpha value is -3.09. The number of carbonyl (C=O) groups is 3. The summed E-state index contributed by atoms with van der Waals surface area (Å²) in [7, 11) is 0. The van der Waals surface area contributed by atoms with Crippen LogP contribution in [0.4, 0.5) is 10.5 Å². The van der Waals surface area contributed by atoms with Crippen molar-refractivity contribution >= 4 is 63.8 Å². The van der Waals surface area contributed by atoms with Gasteiger partial charge in [-0.25, -0.2) is 25.1 Å². The van der Waals surface area contributed by atoms with Gasteiger partial charge in [0, 0.05) is 18.0 Å². The number of rotatable bonds is 7. The Kier molecular flexibility index (Phi) is 9.70. The number of amides is 3. The van der Waals surface area contributed by atoms with Gasteiger partial charge >= 0.3 is 12.0 Å². The number of aromatic nitrogens is 2. The maximum atomic E-state index is 13.1. The number of nitrogens with two attached hydrogens (primary N) is 1. The molecule has 0 aliphatic carbocycles. The Labute approximate surface area is 208 Å². The van der Waals surface area contributed by atoms with Crippen LogP contribution in [-0.2, 0) is 4.79 Å². The molecule has 1 aromatic heterocycles. The molecular formula is C20H17BrCl2N6O4. The van der Waals surface area contributed by atoms with Gasteiger partial charge in [-0.05, 0) is 46.3 Å². The molecule has 1 heterocycles. The van der Waals surface area contributed by atoms with Crippen LogP contribution >= 0.6 is 39.9 Å². The van der Waals surface area contributed by atoms with E-state index >= 15 is 0 Å². The van der Waals surface area contributed by atoms with Gasteiger partial charge in [0.2, 0.25) is 0 Å². The van der Waals surface area contributed by atoms with E-state index in [1.165, 1.54) is 30.6 Å². The normalized spacial score (nSPS) is 11.0. The Morgan fingerprint density at radius 3 is 2.42 bits per heavy atom. The number of hydrogen-bond acceptors (Lipinski definition) is 8. The lowest BCUT2D eigenvalue weighted by Crippen LogP contribution is -2.55. The number of nitrogens with zero attached hydrogens (tertiary/aromatic N) is 3. The van der Waals surface area contributed by atoms with E-state index in [4.69, 9.17) is 22.1 Å². The molecule has 172 valence electrons. The van der Waals surface area contributed by atoms with Gasteiger partial charge in [-0.3, -0.25) is 10.2 Å². The number of benzene rings is 2. The summed E-state index contributed by atoms with van der Waals surface area (Å²) in [5.74, 6) is -0.420. The minimum absolute atomic E-state index is 0. The number of urea groups is 1. The molecule has 4 N–H and O–H groups in total. The van der Waals surface area contributed by atoms with Crippen molar-refractivity contribution in [1.82, 2.24) is 20.8 Å². The first-order valence-electron chi connectivity index (χ1n) is 9.00. The zero-order valence-electron chi connectivity index (χ0n) is 16.6. The van der Waals surface area contributed by atoms with Crippen LogP contribution in [-0.4, -0.2) is 34.4 Å². The van der Waals surface area contributed by atoms with Crippen LogP contribution in [0.3, 0.4) is 0 Å². The quantitative estimate of drug-likeness (QED) is 0.229. The molecule has 0 bridgehead atoms. The van der Waals surface area contributed by atoms with Crippen molar-refractivity contribution in [3.8, 4) is 11.8 Å². The van der Waals surface area contributed by atoms with Gasteiger partial charge in [-0.2, -0.15) is 0 Å². The third-order valence-corrected chi connectivity index (χ3v) is 4.60. The van der Waals surface area contributed by atoms with Crippen molar-refractivity contribution in [2.75, 3.05) is 4.90 Å². The average molecular weight is 556 g/mol. The van der Waals surface area contributed by atoms with E-state index in [0.717, 1.165) is 4.90 Å². The number of aldehydes is 1. The molecule has 0 fully saturated rings. The van der Waals surface area contributed by atoms with Crippen LogP contribution in [0.1, 0.15) is 10.4 Å². The van der Waals surface area contributed by atoms with Crippen LogP contribution in [0.25, 0.3) is 0 Å². The smallest absolute Gasteiger partial charge is 0.343 e. The third kappa shape index (κ3) is 6.94. The second-order valence-electron chi connectivity index (χ2n) is 6.14. The highest BCUT2D eigenvalue weighted by Crippen LogP contribution is 2.32. The minimum Gasteiger partial charge on any atom is -0.423 e. The summed E-state index contributed by atoms with van der Waals surface area (Å²) >= 11 is 9.55. The number of carbonyl (C=O) groups excluding carboxylic acids is 3. The van der Waals surface area contributed by atoms with Gasteiger partial charge in [0.15, 0.2) is 6.29 Å². The summed E-state index contributed by atoms with van der Waals surface area (Å²) in [6, 6.07) is 11.6. The molecule has 0 aliphatic heterocycles. The van der Waals surface area contributed by atoms with Crippen LogP contribution in [0.2, 0.25) is 5.02 Å². The van der Waals surface area contributed by atoms with Gasteiger partial charge in [-0.1, -0.05) is 29.8 Å². The molecule has 0 saturated heterocycles. The zero-order valence-corrected chi connectivity index (χ0v) is 19.8. The predicted molar refractivity (Wildman–Crippen MR) is 127 cm³/mol. The van der Waals surface area contributed by atoms with Gasteiger partial charge in [-0.15, -0.1) is 12.4 Å². The second kappa shape index (κ2) is 12.2. The maximum Gasteiger partial charge on any atom is 0.343 e. The number of halogens is 3. The topological polar surface area (TPSA) is 140 Å². The fraction of sp³-hybridized carbons (Fsp3) is 0.0500. The zero-order chi connectivity index (χ0) is 23.1. The number of imide groups is 1. The van der Waals surface area contributed by atoms with Gasteiger partial charge in [0.05, 0.1) is 15.2 Å². The third-order valence-electron chi connectivity index (χ3n) is 3.89. The van der Waals surface area contributed by atoms with Crippen molar-refractivity contribution in [2.24, 2.45) is 5.73 Å². The molecule has 3 aromatic rings. The highest BCUT2D eigenvalue weighted by molar-refractivity contribution is 9.10. The van der Waals surface area contributed by atoms with E-state index in [1.807, 2.05) is 0 Å². The molecule has 13 heteroatoms. The Balaban J connectivity index is 0.00000385. The molecule has 0 aliphatic rings. The number of ether oxygens (including phenoxy) is 1. The summed E-state index contributed by atoms with van der Waals surface area (Å²) in [5, 5.41) is 0.102. The van der Waals surface area contributed by atoms with Crippen molar-refractivity contribution in [3.05, 3.63) is 76.0 Å². The fourth-order valence-corrected chi connectivity index (χ4v) is 2.85. The molecule has 0 radical (unpaired) electrons. The van der Waals surface area contributed by atoms with Crippen molar-refractivity contribution < 1.29 is 19.1 Å². The number of hydrazine groups is 1. The van der Waals surface area contributed by atoms with Gasteiger partial charge in [0.25, 0.3) is 5.91 Å². The lowest BCUT2D eigenvalue weighted by Gasteiger charge is -2.23. The van der Waals surface area contributed by atoms with E-state index in [9.17, 15) is 14.4 Å². The van der Waals surface area contributed by atoms with E-state index in [2.05, 4.69) is 36.7 Å². The standard InChI is InChI=1S/C20H16BrClN6O4.ClH/c21-13-9-24-19(25-10-13)32-16-7-6-14(8-15(16)22)28(20(31)27-26-17(23)11-29)18(30)12-4-2-1-3-5-12;/h1-11,17,26H,23H2,(H,27,31);1H. The summed E-state index contributed by atoms with van der Waals surface area (Å²) in [6.45, 7) is 0. The van der Waals surface area contributed by atoms with Crippen LogP contribution < -0.4 is 26.2 Å². The lowest BCUT2D eigenvalue weighted by molar-refractivity contribution is -0.109. The molecular weight excluding hydrogens is 539 g/mol. The van der Waals surface area contributed by atoms with Gasteiger partial charge < -0.3 is 15.3 Å². The van der Waals surface area contributed by atoms with Crippen LogP contribution in [0, 0.1) is 0 Å². The largest absolute Gasteiger partial charge is 0.423 e. The van der Waals surface area contributed by atoms with Crippen molar-refractivity contribution in [3.63, 3.8) is 0 Å². The molecule has 1 atom stereocenters. The molecule has 33 heavy (non-hydrogen) atoms. The first-order valence-corrected chi connectivity index (χ1v) is 10.2. The van der Waals surface area contributed by atoms with E-state index in [-0.39, 0.29) is 40.4 Å². The highest BCUT2D eigenvalue weighted by atomic mass is 79.9. The Morgan fingerprint density at radius 2 is 1.82 bits per heavy atom. The first-order chi connectivity index (χ1) is 15.4. The molecule has 1 unspecified atom stereocenters. The SMILES string of the molecule is Cl.NC(C=O)NNC(=O)N(C(=O)c1ccccc1)c1ccc(Oc2ncc(Br)cn2)c(Cl)c1. The molecule has 10 nitrogen and oxygen atoms in total. The Bertz CT molecular complexity index is 1120. The molecule has 3 amide bonds. The monoisotopic (exact) mass is 554 g/mol. The molecule has 3 rings (SSSR count). The number of hydrogen-bond donors (Lipinski definition) is 3. The predicted octanol–water partition coefficient (Wildman–Crippen LogP) is 3.45. The average Bonchev–Trinajstić information content (AvgIpc) is 2.81. The summed E-state index contributed by atoms with van der Waals surface area (Å²) in [4.78, 5) is 45.4. The van der Waals surface area contributed by atoms with E-state index in [0.29, 0.717) is 10.8 Å². The van der Waals surface area contributed by atoms with Crippen molar-refractivity contribution in [2.45, 2.75) is 6.17 Å². The second-order valence-corrected chi connectivity index (χ2v) is 7.47. The van der Waals surface area contributed by atoms with E-state index < -0.39 is 18.1 Å². The van der Waals surface area contributed by atoms with Crippen LogP contribution in [0.15, 0.2) is 65.4 Å². The van der Waals surface area contributed by atoms with Crippen LogP contribution in [0.5, 0.6) is 11.8 Å². The summed E-state index contributed by atoms with van der Waals surface area (Å²) < 4.78 is 6.23.